The van der Waals surface area contributed by atoms with E-state index in [1.165, 1.54) is 16.7 Å². The fraction of sp³-hybridized carbons (Fsp3) is 0.278. The fourth-order valence-electron chi connectivity index (χ4n) is 2.43. The van der Waals surface area contributed by atoms with Crippen molar-refractivity contribution in [2.24, 2.45) is 0 Å². The van der Waals surface area contributed by atoms with Gasteiger partial charge in [0.2, 0.25) is 0 Å². The Hall–Kier alpha value is -1.39. The molecule has 22 heavy (non-hydrogen) atoms. The predicted octanol–water partition coefficient (Wildman–Crippen LogP) is 5.50. The van der Waals surface area contributed by atoms with Crippen molar-refractivity contribution >= 4 is 38.9 Å². The van der Waals surface area contributed by atoms with Crippen molar-refractivity contribution in [2.45, 2.75) is 33.2 Å². The van der Waals surface area contributed by atoms with Crippen LogP contribution in [-0.4, -0.2) is 5.11 Å². The van der Waals surface area contributed by atoms with Crippen LogP contribution in [0.15, 0.2) is 46.9 Å². The Morgan fingerprint density at radius 1 is 1.14 bits per heavy atom. The number of anilines is 1. The summed E-state index contributed by atoms with van der Waals surface area (Å²) >= 11 is 8.97. The van der Waals surface area contributed by atoms with E-state index in [1.54, 1.807) is 0 Å². The van der Waals surface area contributed by atoms with E-state index in [9.17, 15) is 0 Å². The molecule has 0 aliphatic carbocycles. The van der Waals surface area contributed by atoms with Crippen LogP contribution in [0.3, 0.4) is 0 Å². The normalized spacial score (nSPS) is 11.8. The first kappa shape index (κ1) is 17.0. The second-order valence-corrected chi connectivity index (χ2v) is 6.64. The zero-order chi connectivity index (χ0) is 16.1. The summed E-state index contributed by atoms with van der Waals surface area (Å²) in [5, 5.41) is 7.33. The molecule has 0 unspecified atom stereocenters. The number of hydrogen-bond donors (Lipinski definition) is 2. The van der Waals surface area contributed by atoms with Crippen molar-refractivity contribution in [3.8, 4) is 0 Å². The van der Waals surface area contributed by atoms with Gasteiger partial charge in [-0.15, -0.1) is 0 Å². The number of hydrogen-bond acceptors (Lipinski definition) is 1. The summed E-state index contributed by atoms with van der Waals surface area (Å²) < 4.78 is 1.10. The molecule has 0 heterocycles. The average Bonchev–Trinajstić information content (AvgIpc) is 2.49. The van der Waals surface area contributed by atoms with Gasteiger partial charge in [-0.25, -0.2) is 0 Å². The lowest BCUT2D eigenvalue weighted by Gasteiger charge is -2.21. The maximum atomic E-state index is 5.46. The van der Waals surface area contributed by atoms with Crippen LogP contribution in [0.5, 0.6) is 0 Å². The molecule has 2 aromatic carbocycles. The first-order valence-corrected chi connectivity index (χ1v) is 8.60. The quantitative estimate of drug-likeness (QED) is 0.688. The molecule has 0 amide bonds. The molecule has 0 radical (unpaired) electrons. The van der Waals surface area contributed by atoms with Crippen LogP contribution in [-0.2, 0) is 0 Å². The predicted molar refractivity (Wildman–Crippen MR) is 102 cm³/mol. The molecule has 116 valence electrons. The lowest BCUT2D eigenvalue weighted by Crippen LogP contribution is -2.32. The lowest BCUT2D eigenvalue weighted by atomic mass is 10.00. The maximum absolute atomic E-state index is 5.46. The second kappa shape index (κ2) is 7.75. The van der Waals surface area contributed by atoms with Crippen molar-refractivity contribution in [3.05, 3.63) is 63.6 Å². The SMILES string of the molecule is CC[C@@H](NC(=S)Nc1ccc(Br)c(C)c1)c1ccccc1C. The zero-order valence-electron chi connectivity index (χ0n) is 13.1. The Morgan fingerprint density at radius 2 is 1.86 bits per heavy atom. The summed E-state index contributed by atoms with van der Waals surface area (Å²) in [4.78, 5) is 0. The van der Waals surface area contributed by atoms with Gasteiger partial charge in [0.05, 0.1) is 6.04 Å². The highest BCUT2D eigenvalue weighted by Gasteiger charge is 2.12. The van der Waals surface area contributed by atoms with Gasteiger partial charge in [0.15, 0.2) is 5.11 Å². The molecule has 0 aromatic heterocycles. The van der Waals surface area contributed by atoms with Crippen LogP contribution in [0, 0.1) is 13.8 Å². The summed E-state index contributed by atoms with van der Waals surface area (Å²) in [5.41, 5.74) is 4.75. The van der Waals surface area contributed by atoms with Crippen molar-refractivity contribution in [1.82, 2.24) is 5.32 Å². The molecule has 2 nitrogen and oxygen atoms in total. The van der Waals surface area contributed by atoms with Crippen LogP contribution in [0.4, 0.5) is 5.69 Å². The van der Waals surface area contributed by atoms with Crippen LogP contribution in [0.2, 0.25) is 0 Å². The van der Waals surface area contributed by atoms with Gasteiger partial charge in [0.25, 0.3) is 0 Å². The van der Waals surface area contributed by atoms with E-state index in [0.29, 0.717) is 5.11 Å². The molecule has 2 N–H and O–H groups in total. The maximum Gasteiger partial charge on any atom is 0.171 e. The van der Waals surface area contributed by atoms with Crippen LogP contribution in [0.1, 0.15) is 36.1 Å². The number of aryl methyl sites for hydroxylation is 2. The van der Waals surface area contributed by atoms with Crippen molar-refractivity contribution in [3.63, 3.8) is 0 Å². The number of halogens is 1. The Bertz CT molecular complexity index is 670. The van der Waals surface area contributed by atoms with Gasteiger partial charge in [0, 0.05) is 10.2 Å². The summed E-state index contributed by atoms with van der Waals surface area (Å²) in [7, 11) is 0. The standard InChI is InChI=1S/C18H21BrN2S/c1-4-17(15-8-6-5-7-12(15)2)21-18(22)20-14-9-10-16(19)13(3)11-14/h5-11,17H,4H2,1-3H3,(H2,20,21,22)/t17-/m1/s1. The molecule has 4 heteroatoms. The van der Waals surface area contributed by atoms with Gasteiger partial charge in [-0.1, -0.05) is 47.1 Å². The number of rotatable bonds is 4. The molecule has 0 aliphatic heterocycles. The second-order valence-electron chi connectivity index (χ2n) is 5.38. The largest absolute Gasteiger partial charge is 0.356 e. The number of thiocarbonyl (C=S) groups is 1. The summed E-state index contributed by atoms with van der Waals surface area (Å²) in [6.45, 7) is 6.36. The highest BCUT2D eigenvalue weighted by atomic mass is 79.9. The van der Waals surface area contributed by atoms with Crippen LogP contribution < -0.4 is 10.6 Å². The van der Waals surface area contributed by atoms with E-state index in [2.05, 4.69) is 77.7 Å². The smallest absolute Gasteiger partial charge is 0.171 e. The average molecular weight is 377 g/mol. The van der Waals surface area contributed by atoms with Gasteiger partial charge >= 0.3 is 0 Å². The molecule has 0 fully saturated rings. The minimum absolute atomic E-state index is 0.220. The molecular weight excluding hydrogens is 356 g/mol. The molecule has 0 spiro atoms. The van der Waals surface area contributed by atoms with E-state index in [4.69, 9.17) is 12.2 Å². The molecule has 0 aliphatic rings. The van der Waals surface area contributed by atoms with Gasteiger partial charge < -0.3 is 10.6 Å². The first-order valence-electron chi connectivity index (χ1n) is 7.40. The summed E-state index contributed by atoms with van der Waals surface area (Å²) in [6.07, 6.45) is 0.978. The first-order chi connectivity index (χ1) is 10.5. The third kappa shape index (κ3) is 4.31. The Labute approximate surface area is 146 Å². The van der Waals surface area contributed by atoms with E-state index in [1.807, 2.05) is 12.1 Å². The van der Waals surface area contributed by atoms with E-state index in [0.717, 1.165) is 16.6 Å². The highest BCUT2D eigenvalue weighted by molar-refractivity contribution is 9.10. The van der Waals surface area contributed by atoms with Crippen LogP contribution in [0.25, 0.3) is 0 Å². The fourth-order valence-corrected chi connectivity index (χ4v) is 2.93. The number of nitrogens with one attached hydrogen (secondary N) is 2. The van der Waals surface area contributed by atoms with Crippen molar-refractivity contribution in [2.75, 3.05) is 5.32 Å². The molecule has 1 atom stereocenters. The molecule has 0 saturated carbocycles. The van der Waals surface area contributed by atoms with Crippen molar-refractivity contribution < 1.29 is 0 Å². The van der Waals surface area contributed by atoms with Crippen LogP contribution >= 0.6 is 28.1 Å². The highest BCUT2D eigenvalue weighted by Crippen LogP contribution is 2.22. The van der Waals surface area contributed by atoms with Gasteiger partial charge in [-0.05, 0) is 67.4 Å². The summed E-state index contributed by atoms with van der Waals surface area (Å²) in [5.74, 6) is 0. The van der Waals surface area contributed by atoms with Gasteiger partial charge in [0.1, 0.15) is 0 Å². The third-order valence-electron chi connectivity index (χ3n) is 3.69. The topological polar surface area (TPSA) is 24.1 Å². The molecular formula is C18H21BrN2S. The van der Waals surface area contributed by atoms with E-state index < -0.39 is 0 Å². The van der Waals surface area contributed by atoms with Crippen molar-refractivity contribution in [1.29, 1.82) is 0 Å². The molecule has 2 aromatic rings. The zero-order valence-corrected chi connectivity index (χ0v) is 15.5. The Kier molecular flexibility index (Phi) is 5.98. The van der Waals surface area contributed by atoms with E-state index >= 15 is 0 Å². The third-order valence-corrected chi connectivity index (χ3v) is 4.80. The van der Waals surface area contributed by atoms with Gasteiger partial charge in [-0.2, -0.15) is 0 Å². The minimum atomic E-state index is 0.220. The van der Waals surface area contributed by atoms with Gasteiger partial charge in [-0.3, -0.25) is 0 Å². The Balaban J connectivity index is 2.06. The summed E-state index contributed by atoms with van der Waals surface area (Å²) in [6, 6.07) is 14.8. The lowest BCUT2D eigenvalue weighted by molar-refractivity contribution is 0.625. The van der Waals surface area contributed by atoms with E-state index in [-0.39, 0.29) is 6.04 Å². The molecule has 0 bridgehead atoms. The molecule has 0 saturated heterocycles. The Morgan fingerprint density at radius 3 is 2.50 bits per heavy atom. The number of benzene rings is 2. The monoisotopic (exact) mass is 376 g/mol. The minimum Gasteiger partial charge on any atom is -0.356 e. The molecule has 2 rings (SSSR count).